The van der Waals surface area contributed by atoms with Gasteiger partial charge in [0, 0.05) is 50.7 Å². The van der Waals surface area contributed by atoms with Gasteiger partial charge in [0.05, 0.1) is 21.3 Å². The average molecular weight is 564 g/mol. The maximum atomic E-state index is 13.0. The van der Waals surface area contributed by atoms with Crippen LogP contribution in [0.4, 0.5) is 5.69 Å². The zero-order chi connectivity index (χ0) is 25.5. The third-order valence-corrected chi connectivity index (χ3v) is 7.77. The second-order valence-electron chi connectivity index (χ2n) is 9.41. The van der Waals surface area contributed by atoms with Gasteiger partial charge in [-0.1, -0.05) is 66.5 Å². The molecule has 0 bridgehead atoms. The van der Waals surface area contributed by atoms with E-state index < -0.39 is 0 Å². The molecule has 37 heavy (non-hydrogen) atoms. The molecule has 5 nitrogen and oxygen atoms in total. The van der Waals surface area contributed by atoms with E-state index in [4.69, 9.17) is 23.2 Å². The highest BCUT2D eigenvalue weighted by molar-refractivity contribution is 6.43. The van der Waals surface area contributed by atoms with E-state index in [-0.39, 0.29) is 18.3 Å². The third-order valence-electron chi connectivity index (χ3n) is 6.96. The summed E-state index contributed by atoms with van der Waals surface area (Å²) in [6.45, 7) is 10.7. The van der Waals surface area contributed by atoms with Gasteiger partial charge in [0.2, 0.25) is 0 Å². The Hall–Kier alpha value is -2.18. The largest absolute Gasteiger partial charge is 0.368 e. The van der Waals surface area contributed by atoms with Crippen molar-refractivity contribution in [2.75, 3.05) is 44.2 Å². The summed E-state index contributed by atoms with van der Waals surface area (Å²) < 4.78 is 2.26. The summed E-state index contributed by atoms with van der Waals surface area (Å²) in [5.74, 6) is 0.0200. The topological polar surface area (TPSA) is 40.5 Å². The Labute approximate surface area is 237 Å². The van der Waals surface area contributed by atoms with Gasteiger partial charge < -0.3 is 14.8 Å². The molecule has 1 aliphatic heterocycles. The van der Waals surface area contributed by atoms with Gasteiger partial charge in [-0.05, 0) is 56.5 Å². The van der Waals surface area contributed by atoms with Crippen LogP contribution in [0.5, 0.6) is 0 Å². The fourth-order valence-corrected chi connectivity index (χ4v) is 5.36. The number of aromatic nitrogens is 1. The molecule has 0 unspecified atom stereocenters. The molecule has 1 aromatic heterocycles. The van der Waals surface area contributed by atoms with E-state index in [0.29, 0.717) is 16.6 Å². The summed E-state index contributed by atoms with van der Waals surface area (Å²) in [5, 5.41) is 4.39. The average Bonchev–Trinajstić information content (AvgIpc) is 3.22. The molecule has 0 aliphatic carbocycles. The van der Waals surface area contributed by atoms with Crippen molar-refractivity contribution in [3.05, 3.63) is 75.9 Å². The highest BCUT2D eigenvalue weighted by Crippen LogP contribution is 2.33. The Morgan fingerprint density at radius 2 is 1.68 bits per heavy atom. The van der Waals surface area contributed by atoms with Gasteiger partial charge in [0.15, 0.2) is 0 Å². The van der Waals surface area contributed by atoms with Crippen LogP contribution < -0.4 is 10.2 Å². The van der Waals surface area contributed by atoms with Crippen molar-refractivity contribution in [2.45, 2.75) is 39.7 Å². The van der Waals surface area contributed by atoms with Crippen molar-refractivity contribution >= 4 is 47.2 Å². The molecule has 0 spiro atoms. The van der Waals surface area contributed by atoms with Crippen LogP contribution in [0.15, 0.2) is 54.6 Å². The maximum absolute atomic E-state index is 13.0. The first kappa shape index (κ1) is 29.4. The number of carbonyl (C=O) groups is 1. The van der Waals surface area contributed by atoms with Gasteiger partial charge in [0.1, 0.15) is 0 Å². The third kappa shape index (κ3) is 7.23. The Morgan fingerprint density at radius 1 is 0.946 bits per heavy atom. The normalized spacial score (nSPS) is 13.9. The Kier molecular flexibility index (Phi) is 11.2. The molecule has 0 radical (unpaired) electrons. The summed E-state index contributed by atoms with van der Waals surface area (Å²) in [4.78, 5) is 17.8. The second kappa shape index (κ2) is 14.1. The quantitative estimate of drug-likeness (QED) is 0.272. The highest BCUT2D eigenvalue weighted by Gasteiger charge is 2.20. The van der Waals surface area contributed by atoms with Gasteiger partial charge in [-0.15, -0.1) is 12.4 Å². The molecule has 4 rings (SSSR count). The number of anilines is 1. The lowest BCUT2D eigenvalue weighted by atomic mass is 10.1. The maximum Gasteiger partial charge on any atom is 0.253 e. The number of amides is 1. The van der Waals surface area contributed by atoms with Crippen molar-refractivity contribution in [2.24, 2.45) is 0 Å². The van der Waals surface area contributed by atoms with Gasteiger partial charge in [-0.3, -0.25) is 9.69 Å². The number of benzene rings is 2. The predicted octanol–water partition coefficient (Wildman–Crippen LogP) is 6.93. The summed E-state index contributed by atoms with van der Waals surface area (Å²) in [6, 6.07) is 18.2. The molecule has 1 saturated heterocycles. The van der Waals surface area contributed by atoms with Gasteiger partial charge >= 0.3 is 0 Å². The van der Waals surface area contributed by atoms with Gasteiger partial charge in [0.25, 0.3) is 5.91 Å². The number of unbranched alkanes of at least 4 members (excludes halogenated alkanes) is 1. The highest BCUT2D eigenvalue weighted by atomic mass is 35.5. The second-order valence-corrected chi connectivity index (χ2v) is 10.2. The van der Waals surface area contributed by atoms with Crippen LogP contribution in [0.2, 0.25) is 10.0 Å². The minimum atomic E-state index is 0. The van der Waals surface area contributed by atoms with E-state index >= 15 is 0 Å². The Bertz CT molecular complexity index is 1160. The lowest BCUT2D eigenvalue weighted by Crippen LogP contribution is -2.46. The van der Waals surface area contributed by atoms with Gasteiger partial charge in [-0.2, -0.15) is 0 Å². The number of hydrogen-bond donors (Lipinski definition) is 1. The first-order chi connectivity index (χ1) is 17.5. The zero-order valence-corrected chi connectivity index (χ0v) is 24.0. The molecule has 1 N–H and O–H groups in total. The molecule has 8 heteroatoms. The molecule has 3 aromatic rings. The summed E-state index contributed by atoms with van der Waals surface area (Å²) in [6.07, 6.45) is 3.05. The predicted molar refractivity (Wildman–Crippen MR) is 159 cm³/mol. The molecule has 1 aliphatic rings. The molecular weight excluding hydrogens is 527 g/mol. The number of halogens is 3. The van der Waals surface area contributed by atoms with Crippen LogP contribution in [-0.4, -0.2) is 54.6 Å². The number of rotatable bonds is 10. The van der Waals surface area contributed by atoms with Crippen LogP contribution in [-0.2, 0) is 6.54 Å². The summed E-state index contributed by atoms with van der Waals surface area (Å²) in [7, 11) is 0. The van der Waals surface area contributed by atoms with Crippen LogP contribution in [0, 0.1) is 6.92 Å². The summed E-state index contributed by atoms with van der Waals surface area (Å²) >= 11 is 12.6. The fraction of sp³-hybridized carbons (Fsp3) is 0.414. The van der Waals surface area contributed by atoms with E-state index in [2.05, 4.69) is 38.7 Å². The zero-order valence-electron chi connectivity index (χ0n) is 21.7. The SMILES string of the molecule is CCCn1c(-c2ccccc2)cc(C(=O)NCCCCN2CCN(c3cccc(Cl)c3Cl)CC2)c1C.Cl. The van der Waals surface area contributed by atoms with Crippen molar-refractivity contribution in [3.8, 4) is 11.3 Å². The first-order valence-electron chi connectivity index (χ1n) is 12.9. The van der Waals surface area contributed by atoms with E-state index in [1.165, 1.54) is 0 Å². The molecule has 2 heterocycles. The fourth-order valence-electron chi connectivity index (χ4n) is 4.94. The minimum Gasteiger partial charge on any atom is -0.368 e. The molecule has 1 amide bonds. The van der Waals surface area contributed by atoms with E-state index in [9.17, 15) is 4.79 Å². The van der Waals surface area contributed by atoms with Gasteiger partial charge in [-0.25, -0.2) is 0 Å². The standard InChI is InChI=1S/C29H36Cl2N4O.ClH/c1-3-15-35-22(2)24(21-27(35)23-10-5-4-6-11-23)29(36)32-14-7-8-16-33-17-19-34(20-18-33)26-13-9-12-25(30)28(26)31;/h4-6,9-13,21H,3,7-8,14-20H2,1-2H3,(H,32,36);1H. The number of piperazine rings is 1. The monoisotopic (exact) mass is 562 g/mol. The molecule has 2 aromatic carbocycles. The first-order valence-corrected chi connectivity index (χ1v) is 13.7. The number of nitrogens with zero attached hydrogens (tertiary/aromatic N) is 3. The van der Waals surface area contributed by atoms with E-state index in [1.807, 2.05) is 49.4 Å². The molecular formula is C29H37Cl3N4O. The molecule has 0 saturated carbocycles. The van der Waals surface area contributed by atoms with Crippen molar-refractivity contribution in [1.29, 1.82) is 0 Å². The Morgan fingerprint density at radius 3 is 2.38 bits per heavy atom. The van der Waals surface area contributed by atoms with Crippen molar-refractivity contribution in [3.63, 3.8) is 0 Å². The summed E-state index contributed by atoms with van der Waals surface area (Å²) in [5.41, 5.74) is 5.08. The smallest absolute Gasteiger partial charge is 0.253 e. The molecule has 1 fully saturated rings. The minimum absolute atomic E-state index is 0. The lowest BCUT2D eigenvalue weighted by molar-refractivity contribution is 0.0951. The number of hydrogen-bond acceptors (Lipinski definition) is 3. The Balaban J connectivity index is 0.00000380. The molecule has 0 atom stereocenters. The van der Waals surface area contributed by atoms with Crippen LogP contribution in [0.1, 0.15) is 42.2 Å². The number of nitrogens with one attached hydrogen (secondary N) is 1. The van der Waals surface area contributed by atoms with E-state index in [1.54, 1.807) is 0 Å². The van der Waals surface area contributed by atoms with E-state index in [0.717, 1.165) is 86.7 Å². The van der Waals surface area contributed by atoms with Crippen molar-refractivity contribution < 1.29 is 4.79 Å². The lowest BCUT2D eigenvalue weighted by Gasteiger charge is -2.36. The van der Waals surface area contributed by atoms with Crippen LogP contribution in [0.3, 0.4) is 0 Å². The number of carbonyl (C=O) groups excluding carboxylic acids is 1. The molecule has 200 valence electrons. The van der Waals surface area contributed by atoms with Crippen LogP contribution >= 0.6 is 35.6 Å². The van der Waals surface area contributed by atoms with Crippen molar-refractivity contribution in [1.82, 2.24) is 14.8 Å². The van der Waals surface area contributed by atoms with Crippen LogP contribution in [0.25, 0.3) is 11.3 Å².